The van der Waals surface area contributed by atoms with Crippen molar-refractivity contribution in [2.45, 2.75) is 77.7 Å². The average molecular weight is 424 g/mol. The molecule has 6 rings (SSSR count). The number of nitrogens with zero attached hydrogens (tertiary/aromatic N) is 1. The van der Waals surface area contributed by atoms with E-state index in [0.29, 0.717) is 34.7 Å². The van der Waals surface area contributed by atoms with Gasteiger partial charge >= 0.3 is 5.69 Å². The van der Waals surface area contributed by atoms with Gasteiger partial charge in [-0.15, -0.1) is 0 Å². The smallest absolute Gasteiger partial charge is 0.327 e. The number of fused-ring (bicyclic) bond motifs is 7. The van der Waals surface area contributed by atoms with Gasteiger partial charge in [0.25, 0.3) is 5.56 Å². The summed E-state index contributed by atoms with van der Waals surface area (Å²) in [6.45, 7) is 6.89. The Morgan fingerprint density at radius 1 is 1.03 bits per heavy atom. The molecule has 2 heterocycles. The lowest BCUT2D eigenvalue weighted by molar-refractivity contribution is -0.139. The molecule has 31 heavy (non-hydrogen) atoms. The molecule has 2 aromatic rings. The molecule has 4 aliphatic carbocycles. The van der Waals surface area contributed by atoms with E-state index in [1.165, 1.54) is 24.8 Å². The third kappa shape index (κ3) is 2.51. The highest BCUT2D eigenvalue weighted by Crippen LogP contribution is 2.67. The maximum atomic E-state index is 12.4. The van der Waals surface area contributed by atoms with Crippen molar-refractivity contribution < 1.29 is 5.11 Å². The SMILES string of the molecule is C[C@]1(O)CCC2C3CC[C@H]4Cc5nc6[nH]c(=O)[nH]c(=O)c6cc5C[C@]4(C)C3CC[C@@]21C. The van der Waals surface area contributed by atoms with E-state index < -0.39 is 11.3 Å². The molecule has 0 bridgehead atoms. The lowest BCUT2D eigenvalue weighted by Crippen LogP contribution is -2.56. The van der Waals surface area contributed by atoms with Gasteiger partial charge in [0.2, 0.25) is 0 Å². The second kappa shape index (κ2) is 6.09. The van der Waals surface area contributed by atoms with Crippen LogP contribution >= 0.6 is 0 Å². The van der Waals surface area contributed by atoms with E-state index in [4.69, 9.17) is 4.98 Å². The molecular formula is C25H33N3O3. The van der Waals surface area contributed by atoms with Crippen molar-refractivity contribution in [2.75, 3.05) is 0 Å². The van der Waals surface area contributed by atoms with Gasteiger partial charge in [-0.25, -0.2) is 9.78 Å². The van der Waals surface area contributed by atoms with E-state index in [9.17, 15) is 14.7 Å². The largest absolute Gasteiger partial charge is 0.390 e. The van der Waals surface area contributed by atoms with Crippen molar-refractivity contribution in [3.63, 3.8) is 0 Å². The van der Waals surface area contributed by atoms with Gasteiger partial charge in [-0.2, -0.15) is 0 Å². The number of pyridine rings is 1. The minimum absolute atomic E-state index is 0.0425. The zero-order chi connectivity index (χ0) is 21.8. The Kier molecular flexibility index (Phi) is 3.87. The van der Waals surface area contributed by atoms with E-state index in [0.717, 1.165) is 37.8 Å². The van der Waals surface area contributed by atoms with Crippen molar-refractivity contribution in [2.24, 2.45) is 34.5 Å². The van der Waals surface area contributed by atoms with Crippen LogP contribution in [0.3, 0.4) is 0 Å². The molecule has 0 radical (unpaired) electrons. The Hall–Kier alpha value is -1.95. The molecule has 0 spiro atoms. The van der Waals surface area contributed by atoms with Gasteiger partial charge < -0.3 is 5.11 Å². The Morgan fingerprint density at radius 2 is 1.81 bits per heavy atom. The van der Waals surface area contributed by atoms with Crippen LogP contribution in [0.2, 0.25) is 0 Å². The molecule has 3 saturated carbocycles. The maximum Gasteiger partial charge on any atom is 0.327 e. The number of H-pyrrole nitrogens is 2. The standard InChI is InChI=1S/C25H33N3O3/c1-23-12-13-10-16-20(27-22(30)28-21(16)29)26-19(13)11-14(23)4-5-15-17(23)6-8-24(2)18(15)7-9-25(24,3)31/h10,14-15,17-18,31H,4-9,11-12H2,1-3H3,(H2,26,27,28,29,30)/t14-,15?,17?,18?,23-,24-,25-/m0/s1. The fraction of sp³-hybridized carbons (Fsp3) is 0.720. The fourth-order valence-corrected chi connectivity index (χ4v) is 8.53. The fourth-order valence-electron chi connectivity index (χ4n) is 8.53. The van der Waals surface area contributed by atoms with Crippen molar-refractivity contribution in [3.05, 3.63) is 38.2 Å². The molecule has 166 valence electrons. The quantitative estimate of drug-likeness (QED) is 0.605. The minimum Gasteiger partial charge on any atom is -0.390 e. The molecule has 7 atom stereocenters. The Bertz CT molecular complexity index is 1200. The lowest BCUT2D eigenvalue weighted by atomic mass is 9.44. The number of aromatic nitrogens is 3. The summed E-state index contributed by atoms with van der Waals surface area (Å²) in [4.78, 5) is 33.8. The highest BCUT2D eigenvalue weighted by Gasteiger charge is 2.63. The van der Waals surface area contributed by atoms with Gasteiger partial charge in [0.1, 0.15) is 5.65 Å². The summed E-state index contributed by atoms with van der Waals surface area (Å²) in [5, 5.41) is 11.6. The van der Waals surface area contributed by atoms with Crippen LogP contribution < -0.4 is 11.2 Å². The van der Waals surface area contributed by atoms with Gasteiger partial charge in [-0.1, -0.05) is 13.8 Å². The van der Waals surface area contributed by atoms with Crippen molar-refractivity contribution >= 4 is 11.0 Å². The first kappa shape index (κ1) is 19.7. The molecule has 4 aliphatic rings. The summed E-state index contributed by atoms with van der Waals surface area (Å²) in [5.41, 5.74) is 1.49. The van der Waals surface area contributed by atoms with Crippen LogP contribution in [0, 0.1) is 34.5 Å². The Balaban J connectivity index is 1.40. The first-order valence-electron chi connectivity index (χ1n) is 12.0. The molecule has 3 N–H and O–H groups in total. The van der Waals surface area contributed by atoms with E-state index in [-0.39, 0.29) is 16.4 Å². The second-order valence-electron chi connectivity index (χ2n) is 11.7. The highest BCUT2D eigenvalue weighted by atomic mass is 16.3. The summed E-state index contributed by atoms with van der Waals surface area (Å²) >= 11 is 0. The van der Waals surface area contributed by atoms with Crippen LogP contribution in [0.5, 0.6) is 0 Å². The highest BCUT2D eigenvalue weighted by molar-refractivity contribution is 5.74. The summed E-state index contributed by atoms with van der Waals surface area (Å²) in [6, 6.07) is 1.98. The molecule has 0 aliphatic heterocycles. The van der Waals surface area contributed by atoms with Gasteiger partial charge in [0, 0.05) is 5.69 Å². The number of hydrogen-bond acceptors (Lipinski definition) is 4. The minimum atomic E-state index is -0.541. The first-order valence-corrected chi connectivity index (χ1v) is 12.0. The van der Waals surface area contributed by atoms with Gasteiger partial charge in [0.15, 0.2) is 0 Å². The molecule has 0 amide bonds. The summed E-state index contributed by atoms with van der Waals surface area (Å²) in [7, 11) is 0. The molecule has 3 unspecified atom stereocenters. The number of nitrogens with one attached hydrogen (secondary N) is 2. The molecule has 6 nitrogen and oxygen atoms in total. The predicted octanol–water partition coefficient (Wildman–Crippen LogP) is 3.32. The van der Waals surface area contributed by atoms with Crippen molar-refractivity contribution in [3.8, 4) is 0 Å². The van der Waals surface area contributed by atoms with Gasteiger partial charge in [-0.3, -0.25) is 14.8 Å². The molecule has 3 fully saturated rings. The van der Waals surface area contributed by atoms with Crippen LogP contribution in [0.4, 0.5) is 0 Å². The number of rotatable bonds is 0. The third-order valence-corrected chi connectivity index (χ3v) is 10.5. The molecule has 0 aromatic carbocycles. The third-order valence-electron chi connectivity index (χ3n) is 10.5. The van der Waals surface area contributed by atoms with Crippen LogP contribution in [0.1, 0.15) is 70.6 Å². The number of aromatic amines is 2. The summed E-state index contributed by atoms with van der Waals surface area (Å²) in [6.07, 6.45) is 8.71. The zero-order valence-corrected chi connectivity index (χ0v) is 18.8. The average Bonchev–Trinajstić information content (AvgIpc) is 2.94. The molecule has 2 aromatic heterocycles. The van der Waals surface area contributed by atoms with Crippen molar-refractivity contribution in [1.82, 2.24) is 15.0 Å². The number of aliphatic hydroxyl groups is 1. The van der Waals surface area contributed by atoms with Crippen molar-refractivity contribution in [1.29, 1.82) is 0 Å². The molecule has 0 saturated heterocycles. The van der Waals surface area contributed by atoms with E-state index in [2.05, 4.69) is 30.7 Å². The van der Waals surface area contributed by atoms with Crippen LogP contribution in [0.25, 0.3) is 11.0 Å². The lowest BCUT2D eigenvalue weighted by Gasteiger charge is -2.61. The molecule has 6 heteroatoms. The zero-order valence-electron chi connectivity index (χ0n) is 18.8. The Labute approximate surface area is 181 Å². The maximum absolute atomic E-state index is 12.4. The normalized spacial score (nSPS) is 43.7. The monoisotopic (exact) mass is 423 g/mol. The van der Waals surface area contributed by atoms with Crippen LogP contribution in [-0.2, 0) is 12.8 Å². The van der Waals surface area contributed by atoms with Crippen LogP contribution in [-0.4, -0.2) is 25.7 Å². The second-order valence-corrected chi connectivity index (χ2v) is 11.7. The molecular weight excluding hydrogens is 390 g/mol. The number of hydrogen-bond donors (Lipinski definition) is 3. The van der Waals surface area contributed by atoms with E-state index >= 15 is 0 Å². The topological polar surface area (TPSA) is 98.8 Å². The van der Waals surface area contributed by atoms with Gasteiger partial charge in [-0.05, 0) is 104 Å². The first-order chi connectivity index (χ1) is 14.6. The summed E-state index contributed by atoms with van der Waals surface area (Å²) < 4.78 is 0. The summed E-state index contributed by atoms with van der Waals surface area (Å²) in [5.74, 6) is 2.55. The Morgan fingerprint density at radius 3 is 2.61 bits per heavy atom. The predicted molar refractivity (Wildman–Crippen MR) is 119 cm³/mol. The van der Waals surface area contributed by atoms with Crippen LogP contribution in [0.15, 0.2) is 15.7 Å². The van der Waals surface area contributed by atoms with E-state index in [1.807, 2.05) is 6.07 Å². The van der Waals surface area contributed by atoms with E-state index in [1.54, 1.807) is 0 Å². The van der Waals surface area contributed by atoms with Gasteiger partial charge in [0.05, 0.1) is 11.0 Å².